The van der Waals surface area contributed by atoms with Crippen molar-refractivity contribution in [3.63, 3.8) is 0 Å². The summed E-state index contributed by atoms with van der Waals surface area (Å²) in [5, 5.41) is 0. The molecule has 1 heteroatoms. The van der Waals surface area contributed by atoms with E-state index in [9.17, 15) is 0 Å². The lowest BCUT2D eigenvalue weighted by Gasteiger charge is -2.03. The molecular weight excluding hydrogens is 535 g/mol. The highest BCUT2D eigenvalue weighted by molar-refractivity contribution is 7.49. The Morgan fingerprint density at radius 2 is 0.442 bits per heavy atom. The highest BCUT2D eigenvalue weighted by atomic mass is 31.1. The second-order valence-electron chi connectivity index (χ2n) is 13.5. The molecule has 0 aliphatic rings. The quantitative estimate of drug-likeness (QED) is 0.0385. The number of unbranched alkanes of at least 4 members (excludes halogenated alkanes) is 34. The molecule has 43 heavy (non-hydrogen) atoms. The lowest BCUT2D eigenvalue weighted by atomic mass is 10.0. The Hall–Kier alpha value is -0.450. The van der Waals surface area contributed by atoms with E-state index < -0.39 is 0 Å². The van der Waals surface area contributed by atoms with Crippen molar-refractivity contribution in [2.75, 3.05) is 0 Å². The highest BCUT2D eigenvalue weighted by Crippen LogP contribution is 2.16. The zero-order valence-electron chi connectivity index (χ0n) is 29.9. The van der Waals surface area contributed by atoms with E-state index in [-0.39, 0.29) is 0 Å². The molecular formula is C42H78P. The Morgan fingerprint density at radius 1 is 0.256 bits per heavy atom. The number of hydrogen-bond donors (Lipinski definition) is 0. The van der Waals surface area contributed by atoms with Gasteiger partial charge in [0.1, 0.15) is 0 Å². The molecule has 0 unspecified atom stereocenters. The average Bonchev–Trinajstić information content (AvgIpc) is 3.02. The Morgan fingerprint density at radius 3 is 0.651 bits per heavy atom. The Balaban J connectivity index is 3.18. The fourth-order valence-electron chi connectivity index (χ4n) is 6.10. The molecule has 1 radical (unpaired) electrons. The van der Waals surface area contributed by atoms with Crippen LogP contribution in [0.5, 0.6) is 0 Å². The molecule has 0 fully saturated rings. The van der Waals surface area contributed by atoms with Gasteiger partial charge in [-0.1, -0.05) is 242 Å². The molecule has 0 atom stereocenters. The van der Waals surface area contributed by atoms with Crippen molar-refractivity contribution < 1.29 is 0 Å². The Bertz CT molecular complexity index is 560. The second kappa shape index (κ2) is 41.5. The van der Waals surface area contributed by atoms with E-state index in [4.69, 9.17) is 0 Å². The summed E-state index contributed by atoms with van der Waals surface area (Å²) in [6.07, 6.45) is 50.8. The topological polar surface area (TPSA) is 0 Å². The summed E-state index contributed by atoms with van der Waals surface area (Å²) in [6, 6.07) is 0. The second-order valence-corrected chi connectivity index (χ2v) is 14.2. The standard InChI is InChI=1S/C42H78P/c1-3-5-7-9-11-13-15-17-19-21-23-25-27-29-31-33-35-37-39-41-43-42-40-38-36-34-32-30-28-26-24-22-20-18-16-14-12-10-8-6-4-2/h3-38H2,1-2H3. The minimum atomic E-state index is 1.02. The molecule has 0 amide bonds. The molecule has 0 saturated carbocycles. The minimum Gasteiger partial charge on any atom is -0.0972 e. The van der Waals surface area contributed by atoms with Crippen LogP contribution in [-0.4, -0.2) is 0 Å². The van der Waals surface area contributed by atoms with Gasteiger partial charge in [-0.15, -0.1) is 0 Å². The van der Waals surface area contributed by atoms with Crippen molar-refractivity contribution >= 4 is 8.58 Å². The van der Waals surface area contributed by atoms with Crippen LogP contribution in [0.2, 0.25) is 0 Å². The van der Waals surface area contributed by atoms with Crippen LogP contribution in [0.4, 0.5) is 0 Å². The fraction of sp³-hybridized carbons (Fsp3) is 0.905. The molecule has 0 saturated heterocycles. The van der Waals surface area contributed by atoms with Crippen molar-refractivity contribution in [1.29, 1.82) is 0 Å². The first-order valence-corrected chi connectivity index (χ1v) is 21.0. The van der Waals surface area contributed by atoms with Crippen LogP contribution in [0.3, 0.4) is 0 Å². The predicted octanol–water partition coefficient (Wildman–Crippen LogP) is 15.9. The molecule has 0 aromatic heterocycles. The largest absolute Gasteiger partial charge is 0.0995 e. The fourth-order valence-corrected chi connectivity index (χ4v) is 6.53. The van der Waals surface area contributed by atoms with Gasteiger partial charge in [-0.05, 0) is 12.8 Å². The first kappa shape index (κ1) is 42.6. The van der Waals surface area contributed by atoms with Gasteiger partial charge in [0.25, 0.3) is 0 Å². The molecule has 0 aromatic rings. The third-order valence-corrected chi connectivity index (χ3v) is 9.62. The van der Waals surface area contributed by atoms with Gasteiger partial charge in [0.15, 0.2) is 0 Å². The van der Waals surface area contributed by atoms with Gasteiger partial charge < -0.3 is 0 Å². The van der Waals surface area contributed by atoms with Gasteiger partial charge in [0.05, 0.1) is 8.58 Å². The van der Waals surface area contributed by atoms with Gasteiger partial charge in [-0.3, -0.25) is 0 Å². The number of hydrogen-bond acceptors (Lipinski definition) is 0. The minimum absolute atomic E-state index is 1.02. The average molecular weight is 614 g/mol. The third kappa shape index (κ3) is 41.5. The van der Waals surface area contributed by atoms with Gasteiger partial charge >= 0.3 is 0 Å². The normalized spacial score (nSPS) is 10.8. The van der Waals surface area contributed by atoms with Crippen LogP contribution in [0.15, 0.2) is 0 Å². The summed E-state index contributed by atoms with van der Waals surface area (Å²) in [5.74, 6) is 6.67. The van der Waals surface area contributed by atoms with Crippen molar-refractivity contribution in [2.45, 2.75) is 245 Å². The predicted molar refractivity (Wildman–Crippen MR) is 200 cm³/mol. The summed E-state index contributed by atoms with van der Waals surface area (Å²) in [7, 11) is 1.02. The first-order valence-electron chi connectivity index (χ1n) is 20.1. The first-order chi connectivity index (χ1) is 21.4. The summed E-state index contributed by atoms with van der Waals surface area (Å²) in [4.78, 5) is 0. The molecule has 0 N–H and O–H groups in total. The summed E-state index contributed by atoms with van der Waals surface area (Å²) in [6.45, 7) is 4.60. The summed E-state index contributed by atoms with van der Waals surface area (Å²) < 4.78 is 0. The van der Waals surface area contributed by atoms with Crippen LogP contribution in [0, 0.1) is 23.2 Å². The Kier molecular flexibility index (Phi) is 41.1. The van der Waals surface area contributed by atoms with Crippen LogP contribution in [0.1, 0.15) is 245 Å². The van der Waals surface area contributed by atoms with Gasteiger partial charge in [0.2, 0.25) is 0 Å². The van der Waals surface area contributed by atoms with Crippen molar-refractivity contribution in [3.8, 4) is 23.2 Å². The highest BCUT2D eigenvalue weighted by Gasteiger charge is 1.96. The van der Waals surface area contributed by atoms with Crippen molar-refractivity contribution in [2.24, 2.45) is 0 Å². The van der Waals surface area contributed by atoms with Gasteiger partial charge in [0, 0.05) is 12.8 Å². The van der Waals surface area contributed by atoms with Crippen LogP contribution in [0.25, 0.3) is 0 Å². The maximum Gasteiger partial charge on any atom is 0.0995 e. The van der Waals surface area contributed by atoms with Crippen LogP contribution >= 0.6 is 8.58 Å². The Labute approximate surface area is 276 Å². The molecule has 0 rings (SSSR count). The van der Waals surface area contributed by atoms with Crippen LogP contribution < -0.4 is 0 Å². The molecule has 0 aromatic carbocycles. The van der Waals surface area contributed by atoms with E-state index in [1.807, 2.05) is 0 Å². The molecule has 0 bridgehead atoms. The van der Waals surface area contributed by atoms with E-state index in [1.165, 1.54) is 218 Å². The van der Waals surface area contributed by atoms with E-state index in [2.05, 4.69) is 37.0 Å². The van der Waals surface area contributed by atoms with Gasteiger partial charge in [-0.2, -0.15) is 0 Å². The molecule has 0 heterocycles. The van der Waals surface area contributed by atoms with E-state index in [1.54, 1.807) is 0 Å². The maximum atomic E-state index is 3.33. The monoisotopic (exact) mass is 614 g/mol. The molecule has 0 spiro atoms. The molecule has 0 aliphatic carbocycles. The maximum absolute atomic E-state index is 3.33. The van der Waals surface area contributed by atoms with Crippen molar-refractivity contribution in [1.82, 2.24) is 0 Å². The zero-order valence-corrected chi connectivity index (χ0v) is 30.8. The van der Waals surface area contributed by atoms with E-state index in [0.717, 1.165) is 21.4 Å². The van der Waals surface area contributed by atoms with Crippen LogP contribution in [-0.2, 0) is 0 Å². The zero-order chi connectivity index (χ0) is 31.0. The molecule has 0 aliphatic heterocycles. The van der Waals surface area contributed by atoms with Gasteiger partial charge in [-0.25, -0.2) is 0 Å². The summed E-state index contributed by atoms with van der Waals surface area (Å²) in [5.41, 5.74) is 6.49. The third-order valence-electron chi connectivity index (χ3n) is 9.08. The smallest absolute Gasteiger partial charge is 0.0972 e. The number of rotatable bonds is 34. The van der Waals surface area contributed by atoms with Crippen molar-refractivity contribution in [3.05, 3.63) is 0 Å². The molecule has 0 nitrogen and oxygen atoms in total. The van der Waals surface area contributed by atoms with E-state index in [0.29, 0.717) is 0 Å². The lowest BCUT2D eigenvalue weighted by Crippen LogP contribution is -1.83. The lowest BCUT2D eigenvalue weighted by molar-refractivity contribution is 0.528. The summed E-state index contributed by atoms with van der Waals surface area (Å²) >= 11 is 0. The molecule has 251 valence electrons. The van der Waals surface area contributed by atoms with E-state index >= 15 is 0 Å². The SMILES string of the molecule is CCCCCCCCCCCCCCCCCCCC#C[P]C#CCCCCCCCCCCCCCCCCCCC.